The second kappa shape index (κ2) is 5.49. The van der Waals surface area contributed by atoms with E-state index in [4.69, 9.17) is 4.74 Å². The van der Waals surface area contributed by atoms with E-state index in [2.05, 4.69) is 0 Å². The Balaban J connectivity index is 2.88. The van der Waals surface area contributed by atoms with Crippen LogP contribution in [0.3, 0.4) is 0 Å². The highest BCUT2D eigenvalue weighted by Crippen LogP contribution is 2.05. The van der Waals surface area contributed by atoms with Gasteiger partial charge in [-0.3, -0.25) is 4.79 Å². The maximum absolute atomic E-state index is 11.7. The number of carbonyl (C=O) groups excluding carboxylic acids is 1. The first kappa shape index (κ1) is 12.5. The Bertz CT molecular complexity index is 423. The van der Waals surface area contributed by atoms with Gasteiger partial charge in [0.1, 0.15) is 6.04 Å². The first-order valence-corrected chi connectivity index (χ1v) is 5.42. The van der Waals surface area contributed by atoms with E-state index in [1.54, 1.807) is 32.2 Å². The molecule has 1 atom stereocenters. The van der Waals surface area contributed by atoms with Gasteiger partial charge in [-0.2, -0.15) is 0 Å². The van der Waals surface area contributed by atoms with Crippen molar-refractivity contribution >= 4 is 5.97 Å². The zero-order chi connectivity index (χ0) is 12.1. The van der Waals surface area contributed by atoms with Gasteiger partial charge in [-0.05, 0) is 26.3 Å². The summed E-state index contributed by atoms with van der Waals surface area (Å²) in [7, 11) is 0. The molecule has 0 bridgehead atoms. The Labute approximate surface area is 94.9 Å². The lowest BCUT2D eigenvalue weighted by molar-refractivity contribution is -0.147. The molecule has 4 heteroatoms. The molecular weight excluding hydrogens is 206 g/mol. The standard InChI is InChI=1S/C12H17NO3/c1-4-8-16-12(15)10(3)13-7-5-6-9(2)11(13)14/h5-7,10H,4,8H2,1-3H3. The van der Waals surface area contributed by atoms with Gasteiger partial charge in [0.2, 0.25) is 0 Å². The van der Waals surface area contributed by atoms with E-state index in [-0.39, 0.29) is 11.5 Å². The van der Waals surface area contributed by atoms with Crippen molar-refractivity contribution < 1.29 is 9.53 Å². The minimum absolute atomic E-state index is 0.150. The number of ether oxygens (including phenoxy) is 1. The largest absolute Gasteiger partial charge is 0.464 e. The predicted molar refractivity (Wildman–Crippen MR) is 61.4 cm³/mol. The van der Waals surface area contributed by atoms with Crippen LogP contribution in [0.2, 0.25) is 0 Å². The zero-order valence-electron chi connectivity index (χ0n) is 9.90. The minimum Gasteiger partial charge on any atom is -0.464 e. The molecule has 0 saturated carbocycles. The summed E-state index contributed by atoms with van der Waals surface area (Å²) in [4.78, 5) is 23.3. The minimum atomic E-state index is -0.570. The molecule has 0 spiro atoms. The number of aryl methyl sites for hydroxylation is 1. The second-order valence-electron chi connectivity index (χ2n) is 3.75. The van der Waals surface area contributed by atoms with Crippen molar-refractivity contribution in [3.8, 4) is 0 Å². The molecule has 0 aliphatic carbocycles. The maximum atomic E-state index is 11.7. The molecule has 0 aromatic carbocycles. The summed E-state index contributed by atoms with van der Waals surface area (Å²) in [6.07, 6.45) is 2.38. The second-order valence-corrected chi connectivity index (χ2v) is 3.75. The fourth-order valence-electron chi connectivity index (χ4n) is 1.36. The number of hydrogen-bond donors (Lipinski definition) is 0. The van der Waals surface area contributed by atoms with Crippen LogP contribution in [0, 0.1) is 6.92 Å². The number of esters is 1. The molecule has 0 aliphatic heterocycles. The summed E-state index contributed by atoms with van der Waals surface area (Å²) >= 11 is 0. The number of aromatic nitrogens is 1. The van der Waals surface area contributed by atoms with Gasteiger partial charge < -0.3 is 9.30 Å². The average molecular weight is 223 g/mol. The highest BCUT2D eigenvalue weighted by molar-refractivity contribution is 5.73. The van der Waals surface area contributed by atoms with E-state index in [9.17, 15) is 9.59 Å². The summed E-state index contributed by atoms with van der Waals surface area (Å²) in [5.41, 5.74) is 0.473. The molecule has 0 saturated heterocycles. The van der Waals surface area contributed by atoms with Crippen molar-refractivity contribution in [1.82, 2.24) is 4.57 Å². The SMILES string of the molecule is CCCOC(=O)C(C)n1cccc(C)c1=O. The number of hydrogen-bond acceptors (Lipinski definition) is 3. The summed E-state index contributed by atoms with van der Waals surface area (Å²) < 4.78 is 6.40. The molecule has 0 amide bonds. The summed E-state index contributed by atoms with van der Waals surface area (Å²) in [6.45, 7) is 5.71. The number of rotatable bonds is 4. The van der Waals surface area contributed by atoms with E-state index in [1.807, 2.05) is 6.92 Å². The molecule has 0 N–H and O–H groups in total. The Hall–Kier alpha value is -1.58. The third kappa shape index (κ3) is 2.72. The highest BCUT2D eigenvalue weighted by atomic mass is 16.5. The molecule has 1 aromatic heterocycles. The predicted octanol–water partition coefficient (Wildman–Crippen LogP) is 1.67. The molecule has 1 aromatic rings. The molecule has 1 unspecified atom stereocenters. The van der Waals surface area contributed by atoms with Gasteiger partial charge in [0, 0.05) is 11.8 Å². The molecule has 0 radical (unpaired) electrons. The molecule has 1 heterocycles. The Morgan fingerprint density at radius 3 is 2.88 bits per heavy atom. The van der Waals surface area contributed by atoms with Crippen molar-refractivity contribution in [1.29, 1.82) is 0 Å². The molecule has 4 nitrogen and oxygen atoms in total. The van der Waals surface area contributed by atoms with Crippen LogP contribution in [0.1, 0.15) is 31.9 Å². The van der Waals surface area contributed by atoms with Crippen LogP contribution in [0.5, 0.6) is 0 Å². The van der Waals surface area contributed by atoms with Crippen LogP contribution in [-0.2, 0) is 9.53 Å². The van der Waals surface area contributed by atoms with E-state index in [0.717, 1.165) is 6.42 Å². The highest BCUT2D eigenvalue weighted by Gasteiger charge is 2.17. The Kier molecular flexibility index (Phi) is 4.28. The van der Waals surface area contributed by atoms with Crippen molar-refractivity contribution in [2.45, 2.75) is 33.2 Å². The van der Waals surface area contributed by atoms with Crippen LogP contribution in [-0.4, -0.2) is 17.1 Å². The van der Waals surface area contributed by atoms with Crippen molar-refractivity contribution in [3.63, 3.8) is 0 Å². The van der Waals surface area contributed by atoms with Gasteiger partial charge >= 0.3 is 5.97 Å². The fraction of sp³-hybridized carbons (Fsp3) is 0.500. The topological polar surface area (TPSA) is 48.3 Å². The lowest BCUT2D eigenvalue weighted by Crippen LogP contribution is -2.30. The Morgan fingerprint density at radius 2 is 2.25 bits per heavy atom. The summed E-state index contributed by atoms with van der Waals surface area (Å²) in [6, 6.07) is 2.91. The lowest BCUT2D eigenvalue weighted by Gasteiger charge is -2.14. The lowest BCUT2D eigenvalue weighted by atomic mass is 10.2. The fourth-order valence-corrected chi connectivity index (χ4v) is 1.36. The summed E-state index contributed by atoms with van der Waals surface area (Å²) in [5, 5.41) is 0. The van der Waals surface area contributed by atoms with Crippen LogP contribution in [0.4, 0.5) is 0 Å². The zero-order valence-corrected chi connectivity index (χ0v) is 9.90. The van der Waals surface area contributed by atoms with E-state index >= 15 is 0 Å². The van der Waals surface area contributed by atoms with Crippen LogP contribution >= 0.6 is 0 Å². The first-order chi connectivity index (χ1) is 7.57. The number of pyridine rings is 1. The van der Waals surface area contributed by atoms with Crippen LogP contribution in [0.15, 0.2) is 23.1 Å². The molecular formula is C12H17NO3. The molecule has 0 fully saturated rings. The van der Waals surface area contributed by atoms with Crippen LogP contribution in [0.25, 0.3) is 0 Å². The molecule has 1 rings (SSSR count). The van der Waals surface area contributed by atoms with Crippen molar-refractivity contribution in [2.75, 3.05) is 6.61 Å². The third-order valence-corrected chi connectivity index (χ3v) is 2.37. The Morgan fingerprint density at radius 1 is 1.56 bits per heavy atom. The van der Waals surface area contributed by atoms with Gasteiger partial charge in [-0.25, -0.2) is 4.79 Å². The molecule has 88 valence electrons. The van der Waals surface area contributed by atoms with Gasteiger partial charge in [0.25, 0.3) is 5.56 Å². The van der Waals surface area contributed by atoms with Crippen LogP contribution < -0.4 is 5.56 Å². The third-order valence-electron chi connectivity index (χ3n) is 2.37. The van der Waals surface area contributed by atoms with Gasteiger partial charge in [-0.1, -0.05) is 13.0 Å². The number of nitrogens with zero attached hydrogens (tertiary/aromatic N) is 1. The van der Waals surface area contributed by atoms with Crippen molar-refractivity contribution in [2.24, 2.45) is 0 Å². The number of carbonyl (C=O) groups is 1. The van der Waals surface area contributed by atoms with Gasteiger partial charge in [0.15, 0.2) is 0 Å². The van der Waals surface area contributed by atoms with Gasteiger partial charge in [0.05, 0.1) is 6.61 Å². The summed E-state index contributed by atoms with van der Waals surface area (Å²) in [5.74, 6) is -0.366. The van der Waals surface area contributed by atoms with E-state index in [0.29, 0.717) is 12.2 Å². The van der Waals surface area contributed by atoms with E-state index in [1.165, 1.54) is 4.57 Å². The monoisotopic (exact) mass is 223 g/mol. The van der Waals surface area contributed by atoms with Gasteiger partial charge in [-0.15, -0.1) is 0 Å². The normalized spacial score (nSPS) is 12.2. The maximum Gasteiger partial charge on any atom is 0.328 e. The molecule has 0 aliphatic rings. The van der Waals surface area contributed by atoms with Crippen molar-refractivity contribution in [3.05, 3.63) is 34.2 Å². The average Bonchev–Trinajstić information content (AvgIpc) is 2.28. The van der Waals surface area contributed by atoms with E-state index < -0.39 is 6.04 Å². The molecule has 16 heavy (non-hydrogen) atoms. The smallest absolute Gasteiger partial charge is 0.328 e. The quantitative estimate of drug-likeness (QED) is 0.729. The first-order valence-electron chi connectivity index (χ1n) is 5.42.